The Hall–Kier alpha value is -3.93. The Balaban J connectivity index is 1.54. The average molecular weight is 390 g/mol. The van der Waals surface area contributed by atoms with E-state index in [1.807, 2.05) is 0 Å². The van der Waals surface area contributed by atoms with E-state index in [0.29, 0.717) is 16.9 Å². The Morgan fingerprint density at radius 1 is 1.00 bits per heavy atom. The predicted molar refractivity (Wildman–Crippen MR) is 104 cm³/mol. The second-order valence-electron chi connectivity index (χ2n) is 6.24. The van der Waals surface area contributed by atoms with Crippen molar-refractivity contribution in [1.82, 2.24) is 0 Å². The standard InChI is InChI=1S/C23H15FO5/c1-27-16-8-6-14(7-9-16)23(26)28-17-10-11-18-20(13-17)29-21(22(18)25)12-15-4-2-3-5-19(15)24/h2-13H,1H3/b21-12-. The van der Waals surface area contributed by atoms with E-state index < -0.39 is 11.8 Å². The highest BCUT2D eigenvalue weighted by Crippen LogP contribution is 2.35. The molecule has 0 fully saturated rings. The van der Waals surface area contributed by atoms with Crippen molar-refractivity contribution in [3.8, 4) is 17.2 Å². The van der Waals surface area contributed by atoms with Crippen LogP contribution in [-0.4, -0.2) is 18.9 Å². The Labute approximate surface area is 166 Å². The molecule has 29 heavy (non-hydrogen) atoms. The van der Waals surface area contributed by atoms with Gasteiger partial charge < -0.3 is 14.2 Å². The summed E-state index contributed by atoms with van der Waals surface area (Å²) in [6.07, 6.45) is 1.35. The van der Waals surface area contributed by atoms with E-state index in [2.05, 4.69) is 0 Å². The van der Waals surface area contributed by atoms with E-state index in [-0.39, 0.29) is 28.6 Å². The highest BCUT2D eigenvalue weighted by Gasteiger charge is 2.28. The molecular formula is C23H15FO5. The summed E-state index contributed by atoms with van der Waals surface area (Å²) in [6, 6.07) is 17.0. The summed E-state index contributed by atoms with van der Waals surface area (Å²) in [5.41, 5.74) is 0.912. The van der Waals surface area contributed by atoms with Gasteiger partial charge in [0.15, 0.2) is 5.76 Å². The number of esters is 1. The molecule has 0 saturated heterocycles. The van der Waals surface area contributed by atoms with Gasteiger partial charge in [0.2, 0.25) is 5.78 Å². The van der Waals surface area contributed by atoms with Gasteiger partial charge in [0.1, 0.15) is 23.1 Å². The molecule has 0 N–H and O–H groups in total. The van der Waals surface area contributed by atoms with Gasteiger partial charge in [-0.2, -0.15) is 0 Å². The number of hydrogen-bond donors (Lipinski definition) is 0. The molecular weight excluding hydrogens is 375 g/mol. The van der Waals surface area contributed by atoms with Crippen molar-refractivity contribution < 1.29 is 28.2 Å². The summed E-state index contributed by atoms with van der Waals surface area (Å²) < 4.78 is 29.8. The maximum atomic E-state index is 13.8. The lowest BCUT2D eigenvalue weighted by atomic mass is 10.1. The van der Waals surface area contributed by atoms with E-state index in [1.165, 1.54) is 37.5 Å². The third-order valence-corrected chi connectivity index (χ3v) is 4.37. The molecule has 5 nitrogen and oxygen atoms in total. The maximum absolute atomic E-state index is 13.8. The highest BCUT2D eigenvalue weighted by molar-refractivity contribution is 6.14. The van der Waals surface area contributed by atoms with Crippen LogP contribution in [0.3, 0.4) is 0 Å². The van der Waals surface area contributed by atoms with E-state index >= 15 is 0 Å². The van der Waals surface area contributed by atoms with Gasteiger partial charge in [0.25, 0.3) is 0 Å². The molecule has 3 aromatic carbocycles. The number of ether oxygens (including phenoxy) is 3. The van der Waals surface area contributed by atoms with Gasteiger partial charge in [-0.1, -0.05) is 18.2 Å². The predicted octanol–water partition coefficient (Wildman–Crippen LogP) is 4.67. The normalized spacial score (nSPS) is 13.7. The third kappa shape index (κ3) is 3.73. The zero-order chi connectivity index (χ0) is 20.4. The fraction of sp³-hybridized carbons (Fsp3) is 0.0435. The molecule has 0 saturated carbocycles. The number of allylic oxidation sites excluding steroid dienone is 1. The summed E-state index contributed by atoms with van der Waals surface area (Å²) in [5.74, 6) is -0.275. The quantitative estimate of drug-likeness (QED) is 0.368. The molecule has 1 aliphatic heterocycles. The Kier molecular flexibility index (Phi) is 4.83. The number of Topliss-reactive ketones (excluding diaryl/α,β-unsaturated/α-hetero) is 1. The first-order valence-electron chi connectivity index (χ1n) is 8.74. The summed E-state index contributed by atoms with van der Waals surface area (Å²) >= 11 is 0. The van der Waals surface area contributed by atoms with Gasteiger partial charge in [-0.3, -0.25) is 4.79 Å². The number of hydrogen-bond acceptors (Lipinski definition) is 5. The van der Waals surface area contributed by atoms with Gasteiger partial charge >= 0.3 is 5.97 Å². The minimum absolute atomic E-state index is 0.00345. The van der Waals surface area contributed by atoms with Crippen LogP contribution in [0.4, 0.5) is 4.39 Å². The Bertz CT molecular complexity index is 1130. The molecule has 0 radical (unpaired) electrons. The molecule has 0 bridgehead atoms. The van der Waals surface area contributed by atoms with Crippen LogP contribution >= 0.6 is 0 Å². The van der Waals surface area contributed by atoms with E-state index in [1.54, 1.807) is 42.5 Å². The number of benzene rings is 3. The van der Waals surface area contributed by atoms with E-state index in [9.17, 15) is 14.0 Å². The van der Waals surface area contributed by atoms with Crippen LogP contribution in [0.25, 0.3) is 6.08 Å². The Morgan fingerprint density at radius 3 is 2.45 bits per heavy atom. The van der Waals surface area contributed by atoms with Crippen LogP contribution in [0.1, 0.15) is 26.3 Å². The minimum atomic E-state index is -0.556. The minimum Gasteiger partial charge on any atom is -0.497 e. The van der Waals surface area contributed by atoms with Gasteiger partial charge in [-0.15, -0.1) is 0 Å². The largest absolute Gasteiger partial charge is 0.497 e. The second kappa shape index (κ2) is 7.59. The van der Waals surface area contributed by atoms with Crippen LogP contribution in [0.2, 0.25) is 0 Å². The van der Waals surface area contributed by atoms with Gasteiger partial charge in [-0.05, 0) is 48.5 Å². The molecule has 4 rings (SSSR count). The fourth-order valence-corrected chi connectivity index (χ4v) is 2.86. The van der Waals surface area contributed by atoms with Crippen molar-refractivity contribution in [3.05, 3.63) is 95.0 Å². The molecule has 0 atom stereocenters. The zero-order valence-electron chi connectivity index (χ0n) is 15.3. The van der Waals surface area contributed by atoms with Crippen molar-refractivity contribution in [2.24, 2.45) is 0 Å². The number of fused-ring (bicyclic) bond motifs is 1. The number of carbonyl (C=O) groups is 2. The Morgan fingerprint density at radius 2 is 1.72 bits per heavy atom. The molecule has 1 aliphatic rings. The van der Waals surface area contributed by atoms with E-state index in [0.717, 1.165) is 0 Å². The van der Waals surface area contributed by atoms with Crippen LogP contribution in [-0.2, 0) is 0 Å². The molecule has 1 heterocycles. The number of carbonyl (C=O) groups excluding carboxylic acids is 2. The summed E-state index contributed by atoms with van der Waals surface area (Å²) in [6.45, 7) is 0. The molecule has 0 aliphatic carbocycles. The molecule has 6 heteroatoms. The third-order valence-electron chi connectivity index (χ3n) is 4.37. The molecule has 0 unspecified atom stereocenters. The molecule has 0 amide bonds. The first-order chi connectivity index (χ1) is 14.0. The molecule has 0 aromatic heterocycles. The van der Waals surface area contributed by atoms with Crippen LogP contribution in [0.5, 0.6) is 17.2 Å². The number of halogens is 1. The SMILES string of the molecule is COc1ccc(C(=O)Oc2ccc3c(c2)O/C(=C\c2ccccc2F)C3=O)cc1. The van der Waals surface area contributed by atoms with Crippen molar-refractivity contribution >= 4 is 17.8 Å². The van der Waals surface area contributed by atoms with Crippen molar-refractivity contribution in [2.45, 2.75) is 0 Å². The van der Waals surface area contributed by atoms with Crippen molar-refractivity contribution in [1.29, 1.82) is 0 Å². The van der Waals surface area contributed by atoms with Crippen molar-refractivity contribution in [3.63, 3.8) is 0 Å². The van der Waals surface area contributed by atoms with Crippen LogP contribution in [0, 0.1) is 5.82 Å². The monoisotopic (exact) mass is 390 g/mol. The number of ketones is 1. The maximum Gasteiger partial charge on any atom is 0.343 e. The topological polar surface area (TPSA) is 61.8 Å². The van der Waals surface area contributed by atoms with Crippen LogP contribution in [0.15, 0.2) is 72.5 Å². The number of methoxy groups -OCH3 is 1. The summed E-state index contributed by atoms with van der Waals surface area (Å²) in [7, 11) is 1.54. The lowest BCUT2D eigenvalue weighted by Gasteiger charge is -2.06. The first kappa shape index (κ1) is 18.4. The lowest BCUT2D eigenvalue weighted by molar-refractivity contribution is 0.0734. The van der Waals surface area contributed by atoms with Crippen molar-refractivity contribution in [2.75, 3.05) is 7.11 Å². The van der Waals surface area contributed by atoms with Crippen LogP contribution < -0.4 is 14.2 Å². The average Bonchev–Trinajstić information content (AvgIpc) is 3.04. The fourth-order valence-electron chi connectivity index (χ4n) is 2.86. The molecule has 3 aromatic rings. The van der Waals surface area contributed by atoms with Gasteiger partial charge in [0, 0.05) is 11.6 Å². The van der Waals surface area contributed by atoms with Gasteiger partial charge in [0.05, 0.1) is 18.2 Å². The zero-order valence-corrected chi connectivity index (χ0v) is 15.3. The molecule has 0 spiro atoms. The highest BCUT2D eigenvalue weighted by atomic mass is 19.1. The summed E-state index contributed by atoms with van der Waals surface area (Å²) in [5, 5.41) is 0. The smallest absolute Gasteiger partial charge is 0.343 e. The lowest BCUT2D eigenvalue weighted by Crippen LogP contribution is -2.08. The van der Waals surface area contributed by atoms with Gasteiger partial charge in [-0.25, -0.2) is 9.18 Å². The second-order valence-corrected chi connectivity index (χ2v) is 6.24. The summed E-state index contributed by atoms with van der Waals surface area (Å²) in [4.78, 5) is 24.8. The molecule has 144 valence electrons. The number of rotatable bonds is 4. The van der Waals surface area contributed by atoms with E-state index in [4.69, 9.17) is 14.2 Å². The first-order valence-corrected chi connectivity index (χ1v) is 8.74.